The maximum atomic E-state index is 13.0. The number of carboxylic acids is 1. The number of alkyl halides is 3. The lowest BCUT2D eigenvalue weighted by Crippen LogP contribution is -2.07. The van der Waals surface area contributed by atoms with Crippen molar-refractivity contribution >= 4 is 17.7 Å². The third-order valence-electron chi connectivity index (χ3n) is 3.80. The molecule has 5 nitrogen and oxygen atoms in total. The van der Waals surface area contributed by atoms with E-state index >= 15 is 0 Å². The van der Waals surface area contributed by atoms with Crippen LogP contribution in [0.4, 0.5) is 13.2 Å². The number of halogens is 3. The summed E-state index contributed by atoms with van der Waals surface area (Å²) in [6.45, 7) is 1.67. The van der Waals surface area contributed by atoms with Gasteiger partial charge in [0.2, 0.25) is 0 Å². The summed E-state index contributed by atoms with van der Waals surface area (Å²) in [6.07, 6.45) is -4.43. The number of thioether (sulfide) groups is 1. The van der Waals surface area contributed by atoms with Crippen LogP contribution in [-0.2, 0) is 11.9 Å². The quantitative estimate of drug-likeness (QED) is 0.643. The molecule has 27 heavy (non-hydrogen) atoms. The Morgan fingerprint density at radius 2 is 1.85 bits per heavy atom. The second kappa shape index (κ2) is 7.43. The minimum absolute atomic E-state index is 0.187. The lowest BCUT2D eigenvalue weighted by atomic mass is 10.1. The van der Waals surface area contributed by atoms with Gasteiger partial charge in [0.15, 0.2) is 5.16 Å². The molecule has 0 aliphatic rings. The highest BCUT2D eigenvalue weighted by Gasteiger charge is 2.30. The first kappa shape index (κ1) is 19.0. The molecule has 0 bridgehead atoms. The Bertz CT molecular complexity index is 969. The molecular weight excluding hydrogens is 379 g/mol. The van der Waals surface area contributed by atoms with Crippen molar-refractivity contribution in [2.45, 2.75) is 24.0 Å². The summed E-state index contributed by atoms with van der Waals surface area (Å²) in [7, 11) is 0. The van der Waals surface area contributed by atoms with Crippen LogP contribution in [0.25, 0.3) is 5.69 Å². The Labute approximate surface area is 156 Å². The van der Waals surface area contributed by atoms with Gasteiger partial charge >= 0.3 is 12.1 Å². The highest BCUT2D eigenvalue weighted by atomic mass is 32.2. The first-order valence-corrected chi connectivity index (χ1v) is 8.79. The fourth-order valence-corrected chi connectivity index (χ4v) is 3.40. The fourth-order valence-electron chi connectivity index (χ4n) is 2.45. The molecule has 1 N–H and O–H groups in total. The Hall–Kier alpha value is -2.81. The van der Waals surface area contributed by atoms with Crippen molar-refractivity contribution in [2.24, 2.45) is 0 Å². The van der Waals surface area contributed by atoms with Crippen LogP contribution in [0.1, 0.15) is 27.3 Å². The number of aromatic nitrogens is 3. The maximum Gasteiger partial charge on any atom is 0.416 e. The average Bonchev–Trinajstić information content (AvgIpc) is 3.00. The van der Waals surface area contributed by atoms with Gasteiger partial charge in [-0.25, -0.2) is 4.79 Å². The zero-order valence-corrected chi connectivity index (χ0v) is 14.9. The van der Waals surface area contributed by atoms with Gasteiger partial charge in [0.1, 0.15) is 5.82 Å². The summed E-state index contributed by atoms with van der Waals surface area (Å²) >= 11 is 1.30. The van der Waals surface area contributed by atoms with E-state index < -0.39 is 17.7 Å². The Kier molecular flexibility index (Phi) is 5.22. The van der Waals surface area contributed by atoms with Gasteiger partial charge in [-0.1, -0.05) is 30.0 Å². The monoisotopic (exact) mass is 393 g/mol. The third kappa shape index (κ3) is 4.30. The molecule has 0 saturated carbocycles. The van der Waals surface area contributed by atoms with E-state index in [0.29, 0.717) is 22.4 Å². The van der Waals surface area contributed by atoms with Crippen LogP contribution in [-0.4, -0.2) is 25.8 Å². The minimum atomic E-state index is -4.43. The number of hydrogen-bond acceptors (Lipinski definition) is 4. The van der Waals surface area contributed by atoms with Crippen molar-refractivity contribution in [1.82, 2.24) is 14.8 Å². The number of nitrogens with zero attached hydrogens (tertiary/aromatic N) is 3. The molecule has 0 unspecified atom stereocenters. The molecule has 0 aliphatic heterocycles. The summed E-state index contributed by atoms with van der Waals surface area (Å²) < 4.78 is 40.5. The Balaban J connectivity index is 1.84. The van der Waals surface area contributed by atoms with Crippen LogP contribution in [0.2, 0.25) is 0 Å². The lowest BCUT2D eigenvalue weighted by molar-refractivity contribution is -0.137. The number of aromatic carboxylic acids is 1. The highest BCUT2D eigenvalue weighted by Crippen LogP contribution is 2.32. The van der Waals surface area contributed by atoms with E-state index in [-0.39, 0.29) is 5.56 Å². The molecule has 1 aromatic heterocycles. The van der Waals surface area contributed by atoms with Crippen molar-refractivity contribution in [2.75, 3.05) is 0 Å². The second-order valence-electron chi connectivity index (χ2n) is 5.70. The molecule has 0 fully saturated rings. The van der Waals surface area contributed by atoms with Crippen molar-refractivity contribution in [1.29, 1.82) is 0 Å². The SMILES string of the molecule is Cc1nnc(SCc2ccc(C(=O)O)cc2)n1-c1cccc(C(F)(F)F)c1. The predicted octanol–water partition coefficient (Wildman–Crippen LogP) is 4.59. The van der Waals surface area contributed by atoms with Crippen LogP contribution in [0.3, 0.4) is 0 Å². The number of benzene rings is 2. The summed E-state index contributed by atoms with van der Waals surface area (Å²) in [5, 5.41) is 17.4. The molecule has 0 atom stereocenters. The van der Waals surface area contributed by atoms with Crippen molar-refractivity contribution < 1.29 is 23.1 Å². The molecule has 0 amide bonds. The second-order valence-corrected chi connectivity index (χ2v) is 6.65. The predicted molar refractivity (Wildman–Crippen MR) is 94.1 cm³/mol. The first-order valence-electron chi connectivity index (χ1n) is 7.80. The van der Waals surface area contributed by atoms with E-state index in [4.69, 9.17) is 5.11 Å². The van der Waals surface area contributed by atoms with Gasteiger partial charge < -0.3 is 5.11 Å². The topological polar surface area (TPSA) is 68.0 Å². The van der Waals surface area contributed by atoms with Gasteiger partial charge in [0.25, 0.3) is 0 Å². The lowest BCUT2D eigenvalue weighted by Gasteiger charge is -2.12. The van der Waals surface area contributed by atoms with Crippen molar-refractivity contribution in [3.05, 3.63) is 71.0 Å². The van der Waals surface area contributed by atoms with Crippen molar-refractivity contribution in [3.8, 4) is 5.69 Å². The van der Waals surface area contributed by atoms with Crippen LogP contribution >= 0.6 is 11.8 Å². The van der Waals surface area contributed by atoms with Crippen molar-refractivity contribution in [3.63, 3.8) is 0 Å². The molecule has 0 saturated heterocycles. The highest BCUT2D eigenvalue weighted by molar-refractivity contribution is 7.98. The molecule has 1 heterocycles. The third-order valence-corrected chi connectivity index (χ3v) is 4.80. The first-order chi connectivity index (χ1) is 12.8. The van der Waals surface area contributed by atoms with E-state index in [9.17, 15) is 18.0 Å². The standard InChI is InChI=1S/C18H14F3N3O2S/c1-11-22-23-17(27-10-12-5-7-13(8-6-12)16(25)26)24(11)15-4-2-3-14(9-15)18(19,20)21/h2-9H,10H2,1H3,(H,25,26). The average molecular weight is 393 g/mol. The van der Waals surface area contributed by atoms with Crippen LogP contribution in [0.5, 0.6) is 0 Å². The van der Waals surface area contributed by atoms with Crippen LogP contribution < -0.4 is 0 Å². The number of rotatable bonds is 5. The number of carboxylic acid groups (broad SMARTS) is 1. The summed E-state index contributed by atoms with van der Waals surface area (Å²) in [5.74, 6) is -0.0658. The molecule has 0 radical (unpaired) electrons. The van der Waals surface area contributed by atoms with Gasteiger partial charge in [0.05, 0.1) is 11.1 Å². The van der Waals surface area contributed by atoms with Gasteiger partial charge in [0, 0.05) is 11.4 Å². The normalized spacial score (nSPS) is 11.6. The Morgan fingerprint density at radius 1 is 1.15 bits per heavy atom. The molecule has 140 valence electrons. The van der Waals surface area contributed by atoms with E-state index in [2.05, 4.69) is 10.2 Å². The molecule has 2 aromatic carbocycles. The van der Waals surface area contributed by atoms with E-state index in [1.54, 1.807) is 29.7 Å². The van der Waals surface area contributed by atoms with Crippen LogP contribution in [0, 0.1) is 6.92 Å². The maximum absolute atomic E-state index is 13.0. The van der Waals surface area contributed by atoms with Gasteiger partial charge in [-0.2, -0.15) is 13.2 Å². The van der Waals surface area contributed by atoms with E-state index in [1.165, 1.54) is 30.0 Å². The van der Waals surface area contributed by atoms with Crippen LogP contribution in [0.15, 0.2) is 53.7 Å². The van der Waals surface area contributed by atoms with Gasteiger partial charge in [-0.05, 0) is 42.8 Å². The Morgan fingerprint density at radius 3 is 2.48 bits per heavy atom. The summed E-state index contributed by atoms with van der Waals surface area (Å²) in [6, 6.07) is 11.4. The van der Waals surface area contributed by atoms with Gasteiger partial charge in [-0.3, -0.25) is 4.57 Å². The van der Waals surface area contributed by atoms with Gasteiger partial charge in [-0.15, -0.1) is 10.2 Å². The minimum Gasteiger partial charge on any atom is -0.478 e. The summed E-state index contributed by atoms with van der Waals surface area (Å²) in [5.41, 5.74) is 0.636. The molecular formula is C18H14F3N3O2S. The molecule has 9 heteroatoms. The number of carbonyl (C=O) groups is 1. The largest absolute Gasteiger partial charge is 0.478 e. The molecule has 0 spiro atoms. The molecule has 0 aliphatic carbocycles. The summed E-state index contributed by atoms with van der Waals surface area (Å²) in [4.78, 5) is 10.9. The zero-order chi connectivity index (χ0) is 19.6. The zero-order valence-electron chi connectivity index (χ0n) is 14.1. The number of hydrogen-bond donors (Lipinski definition) is 1. The smallest absolute Gasteiger partial charge is 0.416 e. The van der Waals surface area contributed by atoms with E-state index in [0.717, 1.165) is 17.7 Å². The molecule has 3 aromatic rings. The van der Waals surface area contributed by atoms with E-state index in [1.807, 2.05) is 0 Å². The fraction of sp³-hybridized carbons (Fsp3) is 0.167. The number of aryl methyl sites for hydroxylation is 1. The molecule has 3 rings (SSSR count).